The molecule has 1 aliphatic carbocycles. The van der Waals surface area contributed by atoms with Crippen LogP contribution < -0.4 is 0 Å². The number of hydrogen-bond donors (Lipinski definition) is 2. The zero-order valence-electron chi connectivity index (χ0n) is 20.9. The maximum Gasteiger partial charge on any atom is 0.395 e. The molecule has 0 spiro atoms. The monoisotopic (exact) mass is 511 g/mol. The number of rotatable bonds is 5. The average molecular weight is 512 g/mol. The van der Waals surface area contributed by atoms with E-state index in [-0.39, 0.29) is 13.1 Å². The third kappa shape index (κ3) is 5.69. The van der Waals surface area contributed by atoms with Gasteiger partial charge >= 0.3 is 12.1 Å². The Hall–Kier alpha value is -3.26. The number of aryl methyl sites for hydroxylation is 1. The van der Waals surface area contributed by atoms with Gasteiger partial charge in [0.25, 0.3) is 0 Å². The molecule has 1 saturated carbocycles. The number of H-pyrrole nitrogens is 1. The minimum Gasteiger partial charge on any atom is -0.478 e. The molecule has 1 aromatic heterocycles. The van der Waals surface area contributed by atoms with Gasteiger partial charge in [0, 0.05) is 55.5 Å². The van der Waals surface area contributed by atoms with Gasteiger partial charge in [0.2, 0.25) is 0 Å². The number of hydrogen-bond acceptors (Lipinski definition) is 3. The number of aromatic amines is 1. The predicted octanol–water partition coefficient (Wildman–Crippen LogP) is 6.32. The summed E-state index contributed by atoms with van der Waals surface area (Å²) < 4.78 is 38.2. The normalized spacial score (nSPS) is 18.7. The van der Waals surface area contributed by atoms with E-state index in [9.17, 15) is 18.0 Å². The smallest absolute Gasteiger partial charge is 0.395 e. The van der Waals surface area contributed by atoms with E-state index in [1.807, 2.05) is 11.1 Å². The Bertz CT molecular complexity index is 1290. The van der Waals surface area contributed by atoms with Crippen molar-refractivity contribution in [1.29, 1.82) is 0 Å². The van der Waals surface area contributed by atoms with Crippen molar-refractivity contribution in [2.75, 3.05) is 26.2 Å². The lowest BCUT2D eigenvalue weighted by molar-refractivity contribution is -0.205. The molecule has 0 atom stereocenters. The second-order valence-corrected chi connectivity index (χ2v) is 10.3. The summed E-state index contributed by atoms with van der Waals surface area (Å²) in [4.78, 5) is 17.9. The summed E-state index contributed by atoms with van der Waals surface area (Å²) in [6.07, 6.45) is 3.50. The third-order valence-corrected chi connectivity index (χ3v) is 7.63. The number of alkyl halides is 3. The van der Waals surface area contributed by atoms with Crippen LogP contribution in [0.25, 0.3) is 10.9 Å². The van der Waals surface area contributed by atoms with Gasteiger partial charge in [0.1, 0.15) is 0 Å². The van der Waals surface area contributed by atoms with Crippen molar-refractivity contribution in [3.05, 3.63) is 82.7 Å². The molecule has 8 heteroatoms. The maximum atomic E-state index is 12.7. The number of nitrogens with zero attached hydrogens (tertiary/aromatic N) is 2. The van der Waals surface area contributed by atoms with Gasteiger partial charge in [-0.05, 0) is 67.0 Å². The number of fused-ring (bicyclic) bond motifs is 1. The van der Waals surface area contributed by atoms with Crippen LogP contribution in [0.1, 0.15) is 52.2 Å². The second kappa shape index (κ2) is 10.2. The topological polar surface area (TPSA) is 59.6 Å². The molecule has 3 aromatic rings. The summed E-state index contributed by atoms with van der Waals surface area (Å²) in [5.41, 5.74) is 6.89. The molecule has 0 unspecified atom stereocenters. The van der Waals surface area contributed by atoms with E-state index in [1.54, 1.807) is 30.3 Å². The highest BCUT2D eigenvalue weighted by Crippen LogP contribution is 2.44. The minimum absolute atomic E-state index is 0.128. The lowest BCUT2D eigenvalue weighted by Crippen LogP contribution is -2.53. The van der Waals surface area contributed by atoms with Crippen LogP contribution in [0.2, 0.25) is 0 Å². The maximum absolute atomic E-state index is 12.7. The molecular formula is C29H32F3N3O2. The first-order valence-corrected chi connectivity index (χ1v) is 12.8. The number of aromatic nitrogens is 1. The van der Waals surface area contributed by atoms with E-state index in [4.69, 9.17) is 5.11 Å². The molecule has 5 nitrogen and oxygen atoms in total. The van der Waals surface area contributed by atoms with Gasteiger partial charge in [-0.1, -0.05) is 30.3 Å². The first-order valence-electron chi connectivity index (χ1n) is 12.8. The summed E-state index contributed by atoms with van der Waals surface area (Å²) in [5, 5.41) is 9.71. The fourth-order valence-electron chi connectivity index (χ4n) is 5.29. The Morgan fingerprint density at radius 2 is 1.86 bits per heavy atom. The molecule has 2 fully saturated rings. The van der Waals surface area contributed by atoms with Gasteiger partial charge in [-0.2, -0.15) is 13.2 Å². The van der Waals surface area contributed by atoms with E-state index in [0.717, 1.165) is 31.8 Å². The average Bonchev–Trinajstić information content (AvgIpc) is 3.56. The molecule has 37 heavy (non-hydrogen) atoms. The van der Waals surface area contributed by atoms with Gasteiger partial charge in [0.15, 0.2) is 0 Å². The van der Waals surface area contributed by atoms with Crippen molar-refractivity contribution in [1.82, 2.24) is 14.8 Å². The van der Waals surface area contributed by atoms with Crippen LogP contribution in [0.3, 0.4) is 0 Å². The van der Waals surface area contributed by atoms with Crippen molar-refractivity contribution >= 4 is 16.9 Å². The summed E-state index contributed by atoms with van der Waals surface area (Å²) in [7, 11) is 0. The van der Waals surface area contributed by atoms with Crippen LogP contribution >= 0.6 is 0 Å². The van der Waals surface area contributed by atoms with E-state index in [1.165, 1.54) is 40.4 Å². The van der Waals surface area contributed by atoms with Crippen molar-refractivity contribution in [2.45, 2.75) is 44.8 Å². The molecule has 2 N–H and O–H groups in total. The first-order chi connectivity index (χ1) is 17.7. The molecule has 0 bridgehead atoms. The molecule has 3 heterocycles. The molecule has 0 amide bonds. The summed E-state index contributed by atoms with van der Waals surface area (Å²) in [6, 6.07) is 12.8. The summed E-state index contributed by atoms with van der Waals surface area (Å²) in [5.74, 6) is -1.33. The minimum atomic E-state index is -4.05. The van der Waals surface area contributed by atoms with Gasteiger partial charge in [-0.25, -0.2) is 4.79 Å². The lowest BCUT2D eigenvalue weighted by Gasteiger charge is -2.44. The van der Waals surface area contributed by atoms with Crippen LogP contribution in [0, 0.1) is 12.8 Å². The molecule has 6 rings (SSSR count). The summed E-state index contributed by atoms with van der Waals surface area (Å²) >= 11 is 0. The number of carboxylic acids is 1. The van der Waals surface area contributed by atoms with Crippen molar-refractivity contribution < 1.29 is 23.1 Å². The highest BCUT2D eigenvalue weighted by atomic mass is 19.4. The number of aromatic carboxylic acids is 1. The zero-order valence-corrected chi connectivity index (χ0v) is 20.9. The standard InChI is InChI=1S/C22H26F3N3.C7H6O2/c1-14-10-19(15-2-3-15)20(18-4-7-26-21(14)18)13-27-8-5-17(6-9-27)28-11-16(12-28)22(23,24)25;8-7(9)6-4-2-1-3-5-6/h4-5,7,10,15-16,26H,2-3,6,8-9,11-13H2,1H3;1-5H,(H,8,9). The van der Waals surface area contributed by atoms with E-state index in [2.05, 4.69) is 35.0 Å². The zero-order chi connectivity index (χ0) is 26.2. The molecule has 3 aliphatic rings. The fourth-order valence-corrected chi connectivity index (χ4v) is 5.29. The number of nitrogens with one attached hydrogen (secondary N) is 1. The van der Waals surface area contributed by atoms with Crippen LogP contribution in [-0.2, 0) is 6.54 Å². The number of carboxylic acid groups (broad SMARTS) is 1. The quantitative estimate of drug-likeness (QED) is 0.421. The molecular weight excluding hydrogens is 479 g/mol. The van der Waals surface area contributed by atoms with Crippen molar-refractivity contribution in [2.24, 2.45) is 5.92 Å². The van der Waals surface area contributed by atoms with Gasteiger partial charge in [-0.15, -0.1) is 0 Å². The Labute approximate surface area is 214 Å². The van der Waals surface area contributed by atoms with Crippen LogP contribution in [0.15, 0.2) is 60.4 Å². The first kappa shape index (κ1) is 25.4. The molecule has 196 valence electrons. The Kier molecular flexibility index (Phi) is 7.03. The van der Waals surface area contributed by atoms with Crippen LogP contribution in [-0.4, -0.2) is 58.2 Å². The summed E-state index contributed by atoms with van der Waals surface area (Å²) in [6.45, 7) is 5.06. The highest BCUT2D eigenvalue weighted by Gasteiger charge is 2.47. The van der Waals surface area contributed by atoms with E-state index >= 15 is 0 Å². The Balaban J connectivity index is 0.000000265. The van der Waals surface area contributed by atoms with Crippen molar-refractivity contribution in [3.63, 3.8) is 0 Å². The van der Waals surface area contributed by atoms with Crippen molar-refractivity contribution in [3.8, 4) is 0 Å². The second-order valence-electron chi connectivity index (χ2n) is 10.3. The highest BCUT2D eigenvalue weighted by molar-refractivity contribution is 5.88. The molecule has 1 saturated heterocycles. The Morgan fingerprint density at radius 1 is 1.14 bits per heavy atom. The van der Waals surface area contributed by atoms with Gasteiger partial charge < -0.3 is 15.0 Å². The van der Waals surface area contributed by atoms with Crippen LogP contribution in [0.4, 0.5) is 13.2 Å². The number of halogens is 3. The predicted molar refractivity (Wildman–Crippen MR) is 138 cm³/mol. The molecule has 2 aliphatic heterocycles. The number of carbonyl (C=O) groups is 1. The lowest BCUT2D eigenvalue weighted by atomic mass is 9.95. The third-order valence-electron chi connectivity index (χ3n) is 7.63. The molecule has 0 radical (unpaired) electrons. The SMILES string of the molecule is Cc1cc(C2CC2)c(CN2CC=C(N3CC(C(F)(F)F)C3)CC2)c2cc[nH]c12.O=C(O)c1ccccc1. The number of benzene rings is 2. The largest absolute Gasteiger partial charge is 0.478 e. The van der Waals surface area contributed by atoms with Gasteiger partial charge in [0.05, 0.1) is 11.5 Å². The van der Waals surface area contributed by atoms with Crippen LogP contribution in [0.5, 0.6) is 0 Å². The molecule has 2 aromatic carbocycles. The fraction of sp³-hybridized carbons (Fsp3) is 0.414. The van der Waals surface area contributed by atoms with E-state index < -0.39 is 18.1 Å². The Morgan fingerprint density at radius 3 is 2.43 bits per heavy atom. The van der Waals surface area contributed by atoms with E-state index in [0.29, 0.717) is 11.5 Å². The van der Waals surface area contributed by atoms with Gasteiger partial charge in [-0.3, -0.25) is 4.90 Å². The number of likely N-dealkylation sites (tertiary alicyclic amines) is 1.